The smallest absolute Gasteiger partial charge is 0.407 e. The van der Waals surface area contributed by atoms with E-state index in [-0.39, 0.29) is 21.4 Å². The number of hydrogen-bond acceptors (Lipinski definition) is 12. The van der Waals surface area contributed by atoms with Gasteiger partial charge in [0.25, 0.3) is 5.91 Å². The van der Waals surface area contributed by atoms with Crippen LogP contribution in [-0.4, -0.2) is 154 Å². The Morgan fingerprint density at radius 3 is 1.90 bits per heavy atom. The molecule has 2 unspecified atom stereocenters. The maximum atomic E-state index is 16.0. The Morgan fingerprint density at radius 2 is 1.39 bits per heavy atom. The fourth-order valence-corrected chi connectivity index (χ4v) is 9.34. The van der Waals surface area contributed by atoms with Gasteiger partial charge in [0, 0.05) is 72.9 Å². The molecule has 4 amide bonds. The van der Waals surface area contributed by atoms with Crippen molar-refractivity contribution in [2.75, 3.05) is 44.9 Å². The van der Waals surface area contributed by atoms with Crippen LogP contribution in [0.2, 0.25) is 0 Å². The molecule has 6 heterocycles. The third-order valence-electron chi connectivity index (χ3n) is 14.4. The van der Waals surface area contributed by atoms with E-state index in [1.54, 1.807) is 6.20 Å². The number of anilines is 1. The minimum absolute atomic E-state index is 0.187. The van der Waals surface area contributed by atoms with Gasteiger partial charge in [0.05, 0.1) is 55.5 Å². The molecule has 4 aliphatic rings. The van der Waals surface area contributed by atoms with Crippen LogP contribution in [0, 0.1) is 34.3 Å². The van der Waals surface area contributed by atoms with Crippen molar-refractivity contribution in [3.63, 3.8) is 0 Å². The van der Waals surface area contributed by atoms with Gasteiger partial charge in [-0.25, -0.2) is 33.0 Å². The van der Waals surface area contributed by atoms with Gasteiger partial charge < -0.3 is 40.5 Å². The third-order valence-corrected chi connectivity index (χ3v) is 14.4. The van der Waals surface area contributed by atoms with Gasteiger partial charge in [0.1, 0.15) is 29.5 Å². The third kappa shape index (κ3) is 13.6. The first-order valence-corrected chi connectivity index (χ1v) is 24.5. The standard InChI is InChI=1S/C51H56F10N10O8/c1-48(2,50(56,57)58)41(66-47(77)78-5)43(73)64-38(14-28-9-6-27(7-10-28)8-11-29-12-13-40(62-18-29)68-21-32-17-33(22-68)71(32)34-25-79-26-34)39(72)24-69(67-44(74)42(65-46(75)76)49(3,4)51(59,60)61)23-35-36(52)15-30(16-37(35)53)31-19-63-70(20-31)45(54)55/h6-7,9-10,12-13,15-16,18-20,32-34,38-39,41-42,45,65,72H,14,17,21-26H2,1-5H3,(H,64,73)(H,66,77)(H,67,74)(H,75,76)/t32?,33?,38-,39-,41+,42+/m0/s1. The first-order valence-electron chi connectivity index (χ1n) is 24.5. The normalized spacial score (nSPS) is 18.5. The summed E-state index contributed by atoms with van der Waals surface area (Å²) < 4.78 is 155. The van der Waals surface area contributed by atoms with Crippen molar-refractivity contribution in [2.45, 2.75) is 108 Å². The zero-order valence-electron chi connectivity index (χ0n) is 42.9. The number of pyridine rings is 1. The zero-order chi connectivity index (χ0) is 57.9. The number of halogens is 10. The van der Waals surface area contributed by atoms with Gasteiger partial charge in [-0.3, -0.25) is 19.9 Å². The van der Waals surface area contributed by atoms with Crippen LogP contribution in [0.3, 0.4) is 0 Å². The number of carboxylic acid groups (broad SMARTS) is 1. The molecule has 0 saturated carbocycles. The second-order valence-corrected chi connectivity index (χ2v) is 20.5. The lowest BCUT2D eigenvalue weighted by molar-refractivity contribution is -0.221. The van der Waals surface area contributed by atoms with Crippen molar-refractivity contribution in [2.24, 2.45) is 10.8 Å². The predicted octanol–water partition coefficient (Wildman–Crippen LogP) is 6.14. The zero-order valence-corrected chi connectivity index (χ0v) is 42.9. The van der Waals surface area contributed by atoms with Crippen LogP contribution in [0.4, 0.5) is 59.3 Å². The Kier molecular flexibility index (Phi) is 17.8. The summed E-state index contributed by atoms with van der Waals surface area (Å²) in [5.41, 5.74) is -4.48. The Morgan fingerprint density at radius 1 is 0.810 bits per heavy atom. The highest BCUT2D eigenvalue weighted by Gasteiger charge is 2.57. The Labute approximate surface area is 445 Å². The SMILES string of the molecule is COC(=O)N[C@H](C(=O)N[C@@H](Cc1ccc(C#Cc2ccc(N3CC4CC(C3)N4C3COC3)nc2)cc1)[C@@H](O)CN(Cc1c(F)cc(-c2cnn(C(F)F)c2)cc1F)NC(=O)[C@@H](NC(=O)O)C(C)(C)C(F)(F)F)C(C)(C)C(F)(F)F. The number of fused-ring (bicyclic) bond motifs is 2. The van der Waals surface area contributed by atoms with E-state index in [1.165, 1.54) is 29.6 Å². The number of carbonyl (C=O) groups excluding carboxylic acids is 3. The molecule has 4 fully saturated rings. The number of methoxy groups -OCH3 is 1. The fourth-order valence-electron chi connectivity index (χ4n) is 9.34. The molecule has 428 valence electrons. The van der Waals surface area contributed by atoms with Crippen LogP contribution in [0.15, 0.2) is 67.1 Å². The topological polar surface area (TPSA) is 216 Å². The number of ether oxygens (including phenoxy) is 2. The Balaban J connectivity index is 1.17. The van der Waals surface area contributed by atoms with E-state index in [0.717, 1.165) is 58.0 Å². The molecule has 4 aromatic rings. The molecular weight excluding hydrogens is 1070 g/mol. The van der Waals surface area contributed by atoms with Crippen LogP contribution in [0.1, 0.15) is 62.9 Å². The summed E-state index contributed by atoms with van der Waals surface area (Å²) in [5, 5.41) is 30.9. The fraction of sp³-hybridized carbons (Fsp3) is 0.490. The molecule has 2 aromatic carbocycles. The van der Waals surface area contributed by atoms with Gasteiger partial charge in [0.2, 0.25) is 5.91 Å². The minimum Gasteiger partial charge on any atom is -0.465 e. The molecule has 6 N–H and O–H groups in total. The quantitative estimate of drug-likeness (QED) is 0.0354. The van der Waals surface area contributed by atoms with Crippen molar-refractivity contribution in [1.29, 1.82) is 0 Å². The van der Waals surface area contributed by atoms with Gasteiger partial charge in [-0.2, -0.15) is 40.2 Å². The summed E-state index contributed by atoms with van der Waals surface area (Å²) >= 11 is 0. The number of piperidine rings is 1. The number of alkyl carbamates (subject to hydrolysis) is 1. The number of piperazine rings is 1. The maximum Gasteiger partial charge on any atom is 0.407 e. The van der Waals surface area contributed by atoms with Crippen LogP contribution in [0.25, 0.3) is 11.1 Å². The predicted molar refractivity (Wildman–Crippen MR) is 260 cm³/mol. The largest absolute Gasteiger partial charge is 0.465 e. The van der Waals surface area contributed by atoms with E-state index in [4.69, 9.17) is 4.74 Å². The van der Waals surface area contributed by atoms with E-state index < -0.39 is 115 Å². The molecule has 0 spiro atoms. The lowest BCUT2D eigenvalue weighted by atomic mass is 9.82. The van der Waals surface area contributed by atoms with E-state index in [0.29, 0.717) is 74.1 Å². The number of amides is 4. The number of benzene rings is 2. The van der Waals surface area contributed by atoms with Crippen molar-refractivity contribution in [3.05, 3.63) is 101 Å². The van der Waals surface area contributed by atoms with Crippen LogP contribution < -0.4 is 26.3 Å². The average molecular weight is 1130 g/mol. The number of aromatic nitrogens is 3. The average Bonchev–Trinajstić information content (AvgIpc) is 4.06. The van der Waals surface area contributed by atoms with Crippen molar-refractivity contribution in [1.82, 2.24) is 46.0 Å². The summed E-state index contributed by atoms with van der Waals surface area (Å²) in [6.07, 6.45) is -12.3. The molecule has 28 heteroatoms. The summed E-state index contributed by atoms with van der Waals surface area (Å²) in [7, 11) is 0.811. The molecule has 0 radical (unpaired) electrons. The van der Waals surface area contributed by atoms with Crippen LogP contribution in [-0.2, 0) is 32.0 Å². The van der Waals surface area contributed by atoms with Gasteiger partial charge in [0.15, 0.2) is 0 Å². The highest BCUT2D eigenvalue weighted by molar-refractivity contribution is 5.87. The first kappa shape index (κ1) is 59.4. The number of aliphatic hydroxyl groups is 1. The van der Waals surface area contributed by atoms with E-state index in [9.17, 15) is 64.5 Å². The summed E-state index contributed by atoms with van der Waals surface area (Å²) in [4.78, 5) is 61.4. The number of carbonyl (C=O) groups is 4. The number of aliphatic hydroxyl groups excluding tert-OH is 1. The number of nitrogens with one attached hydrogen (secondary N) is 4. The first-order chi connectivity index (χ1) is 37.0. The molecule has 8 rings (SSSR count). The van der Waals surface area contributed by atoms with Crippen molar-refractivity contribution < 1.29 is 82.8 Å². The Bertz CT molecular complexity index is 2870. The molecule has 79 heavy (non-hydrogen) atoms. The summed E-state index contributed by atoms with van der Waals surface area (Å²) in [5.74, 6) is 0.605. The number of nitrogens with zero attached hydrogens (tertiary/aromatic N) is 6. The Hall–Kier alpha value is -7.22. The van der Waals surface area contributed by atoms with Crippen molar-refractivity contribution in [3.8, 4) is 23.0 Å². The van der Waals surface area contributed by atoms with Gasteiger partial charge in [-0.1, -0.05) is 24.0 Å². The summed E-state index contributed by atoms with van der Waals surface area (Å²) in [6, 6.07) is 5.38. The number of hydrazine groups is 1. The molecular formula is C51H56F10N10O8. The van der Waals surface area contributed by atoms with Crippen molar-refractivity contribution >= 4 is 29.8 Å². The molecule has 18 nitrogen and oxygen atoms in total. The molecule has 0 aliphatic carbocycles. The summed E-state index contributed by atoms with van der Waals surface area (Å²) in [6.45, 7) is -0.201. The van der Waals surface area contributed by atoms with E-state index in [2.05, 4.69) is 41.8 Å². The monoisotopic (exact) mass is 1130 g/mol. The molecule has 2 aromatic heterocycles. The molecule has 6 atom stereocenters. The number of alkyl halides is 8. The lowest BCUT2D eigenvalue weighted by Crippen LogP contribution is -2.74. The molecule has 4 saturated heterocycles. The van der Waals surface area contributed by atoms with Gasteiger partial charge in [-0.15, -0.1) is 0 Å². The van der Waals surface area contributed by atoms with Gasteiger partial charge >= 0.3 is 31.1 Å². The maximum absolute atomic E-state index is 16.0. The van der Waals surface area contributed by atoms with E-state index in [1.807, 2.05) is 22.9 Å². The second-order valence-electron chi connectivity index (χ2n) is 20.5. The van der Waals surface area contributed by atoms with Crippen LogP contribution in [0.5, 0.6) is 0 Å². The molecule has 2 bridgehead atoms. The second kappa shape index (κ2) is 23.6. The molecule has 4 aliphatic heterocycles. The number of hydrogen-bond donors (Lipinski definition) is 6. The number of rotatable bonds is 19. The van der Waals surface area contributed by atoms with E-state index >= 15 is 8.78 Å². The van der Waals surface area contributed by atoms with Gasteiger partial charge in [-0.05, 0) is 88.1 Å². The highest BCUT2D eigenvalue weighted by atomic mass is 19.4. The van der Waals surface area contributed by atoms with Crippen LogP contribution >= 0.6 is 0 Å². The highest BCUT2D eigenvalue weighted by Crippen LogP contribution is 2.42. The minimum atomic E-state index is -5.28. The lowest BCUT2D eigenvalue weighted by Gasteiger charge is -2.60.